The van der Waals surface area contributed by atoms with Gasteiger partial charge in [0.1, 0.15) is 5.54 Å². The Labute approximate surface area is 110 Å². The third-order valence-electron chi connectivity index (χ3n) is 3.87. The molecular formula is C14H26N2O2. The summed E-state index contributed by atoms with van der Waals surface area (Å²) in [5, 5.41) is 3.48. The first-order valence-corrected chi connectivity index (χ1v) is 7.21. The lowest BCUT2D eigenvalue weighted by molar-refractivity contribution is -0.151. The van der Waals surface area contributed by atoms with Gasteiger partial charge in [0.15, 0.2) is 0 Å². The molecule has 1 aliphatic heterocycles. The summed E-state index contributed by atoms with van der Waals surface area (Å²) < 4.78 is 5.24. The van der Waals surface area contributed by atoms with E-state index in [0.29, 0.717) is 12.6 Å². The number of ether oxygens (including phenoxy) is 1. The van der Waals surface area contributed by atoms with Crippen molar-refractivity contribution in [2.24, 2.45) is 5.92 Å². The van der Waals surface area contributed by atoms with Gasteiger partial charge >= 0.3 is 5.97 Å². The fraction of sp³-hybridized carbons (Fsp3) is 0.929. The maximum absolute atomic E-state index is 12.2. The molecule has 2 atom stereocenters. The molecule has 1 N–H and O–H groups in total. The molecule has 0 aromatic carbocycles. The summed E-state index contributed by atoms with van der Waals surface area (Å²) in [6.45, 7) is 9.56. The second-order valence-electron chi connectivity index (χ2n) is 6.10. The first kappa shape index (κ1) is 13.8. The van der Waals surface area contributed by atoms with Crippen LogP contribution in [0.1, 0.15) is 40.0 Å². The Balaban J connectivity index is 1.96. The van der Waals surface area contributed by atoms with Crippen molar-refractivity contribution in [2.45, 2.75) is 51.6 Å². The zero-order valence-corrected chi connectivity index (χ0v) is 11.9. The molecule has 4 nitrogen and oxygen atoms in total. The molecule has 2 rings (SSSR count). The van der Waals surface area contributed by atoms with E-state index in [2.05, 4.69) is 17.1 Å². The van der Waals surface area contributed by atoms with Crippen molar-refractivity contribution in [3.63, 3.8) is 0 Å². The van der Waals surface area contributed by atoms with Crippen LogP contribution in [0.2, 0.25) is 0 Å². The number of carbonyl (C=O) groups is 1. The van der Waals surface area contributed by atoms with Crippen molar-refractivity contribution >= 4 is 5.97 Å². The molecule has 18 heavy (non-hydrogen) atoms. The maximum atomic E-state index is 12.2. The monoisotopic (exact) mass is 254 g/mol. The summed E-state index contributed by atoms with van der Waals surface area (Å²) in [7, 11) is 0. The quantitative estimate of drug-likeness (QED) is 0.728. The molecule has 1 saturated heterocycles. The molecule has 2 aliphatic rings. The third-order valence-corrected chi connectivity index (χ3v) is 3.87. The molecule has 0 amide bonds. The van der Waals surface area contributed by atoms with Crippen molar-refractivity contribution < 1.29 is 9.53 Å². The summed E-state index contributed by atoms with van der Waals surface area (Å²) in [6, 6.07) is 0.513. The van der Waals surface area contributed by atoms with Crippen molar-refractivity contribution in [3.8, 4) is 0 Å². The molecule has 0 spiro atoms. The normalized spacial score (nSPS) is 28.1. The number of nitrogens with zero attached hydrogens (tertiary/aromatic N) is 1. The van der Waals surface area contributed by atoms with Crippen LogP contribution in [0.15, 0.2) is 0 Å². The van der Waals surface area contributed by atoms with Crippen molar-refractivity contribution in [1.82, 2.24) is 10.2 Å². The van der Waals surface area contributed by atoms with Gasteiger partial charge in [-0.2, -0.15) is 0 Å². The first-order valence-electron chi connectivity index (χ1n) is 7.21. The van der Waals surface area contributed by atoms with Crippen LogP contribution in [0, 0.1) is 5.92 Å². The van der Waals surface area contributed by atoms with Gasteiger partial charge in [0.25, 0.3) is 0 Å². The Bertz CT molecular complexity index is 304. The SMILES string of the molecule is CCOC(=O)C(C)(CN1CCC(C)C1)NC1CC1. The van der Waals surface area contributed by atoms with Crippen LogP contribution >= 0.6 is 0 Å². The highest BCUT2D eigenvalue weighted by Crippen LogP contribution is 2.25. The van der Waals surface area contributed by atoms with Crippen molar-refractivity contribution in [1.29, 1.82) is 0 Å². The highest BCUT2D eigenvalue weighted by atomic mass is 16.5. The van der Waals surface area contributed by atoms with Gasteiger partial charge in [0.2, 0.25) is 0 Å². The lowest BCUT2D eigenvalue weighted by atomic mass is 10.0. The largest absolute Gasteiger partial charge is 0.465 e. The zero-order chi connectivity index (χ0) is 13.2. The molecule has 104 valence electrons. The van der Waals surface area contributed by atoms with Gasteiger partial charge in [-0.1, -0.05) is 6.92 Å². The van der Waals surface area contributed by atoms with Crippen molar-refractivity contribution in [3.05, 3.63) is 0 Å². The summed E-state index contributed by atoms with van der Waals surface area (Å²) in [6.07, 6.45) is 3.61. The van der Waals surface area contributed by atoms with Crippen LogP contribution in [-0.2, 0) is 9.53 Å². The van der Waals surface area contributed by atoms with E-state index < -0.39 is 5.54 Å². The molecule has 0 bridgehead atoms. The summed E-state index contributed by atoms with van der Waals surface area (Å²) in [5.41, 5.74) is -0.540. The minimum atomic E-state index is -0.540. The van der Waals surface area contributed by atoms with E-state index in [1.165, 1.54) is 19.3 Å². The predicted octanol–water partition coefficient (Wildman–Crippen LogP) is 1.40. The minimum absolute atomic E-state index is 0.101. The Hall–Kier alpha value is -0.610. The first-order chi connectivity index (χ1) is 8.53. The molecule has 2 unspecified atom stereocenters. The maximum Gasteiger partial charge on any atom is 0.327 e. The smallest absolute Gasteiger partial charge is 0.327 e. The van der Waals surface area contributed by atoms with Crippen LogP contribution in [0.4, 0.5) is 0 Å². The van der Waals surface area contributed by atoms with Crippen LogP contribution < -0.4 is 5.32 Å². The van der Waals surface area contributed by atoms with Crippen LogP contribution in [0.5, 0.6) is 0 Å². The lowest BCUT2D eigenvalue weighted by Crippen LogP contribution is -2.58. The van der Waals surface area contributed by atoms with Gasteiger partial charge in [0.05, 0.1) is 6.61 Å². The number of hydrogen-bond acceptors (Lipinski definition) is 4. The topological polar surface area (TPSA) is 41.6 Å². The molecular weight excluding hydrogens is 228 g/mol. The second-order valence-corrected chi connectivity index (χ2v) is 6.10. The van der Waals surface area contributed by atoms with Gasteiger partial charge in [-0.3, -0.25) is 10.1 Å². The molecule has 0 aromatic rings. The molecule has 0 aromatic heterocycles. The lowest BCUT2D eigenvalue weighted by Gasteiger charge is -2.32. The van der Waals surface area contributed by atoms with E-state index in [4.69, 9.17) is 4.74 Å². The standard InChI is InChI=1S/C14H26N2O2/c1-4-18-13(17)14(3,15-12-5-6-12)10-16-8-7-11(2)9-16/h11-12,15H,4-10H2,1-3H3. The third kappa shape index (κ3) is 3.45. The molecule has 0 radical (unpaired) electrons. The molecule has 1 saturated carbocycles. The highest BCUT2D eigenvalue weighted by Gasteiger charge is 2.41. The summed E-state index contributed by atoms with van der Waals surface area (Å²) in [4.78, 5) is 14.6. The number of likely N-dealkylation sites (tertiary alicyclic amines) is 1. The van der Waals surface area contributed by atoms with Gasteiger partial charge in [-0.25, -0.2) is 0 Å². The number of esters is 1. The van der Waals surface area contributed by atoms with E-state index >= 15 is 0 Å². The predicted molar refractivity (Wildman–Crippen MR) is 71.4 cm³/mol. The van der Waals surface area contributed by atoms with E-state index in [0.717, 1.165) is 25.6 Å². The number of hydrogen-bond donors (Lipinski definition) is 1. The Morgan fingerprint density at radius 1 is 1.44 bits per heavy atom. The molecule has 1 aliphatic carbocycles. The second kappa shape index (κ2) is 5.57. The average Bonchev–Trinajstić information content (AvgIpc) is 3.01. The summed E-state index contributed by atoms with van der Waals surface area (Å²) >= 11 is 0. The summed E-state index contributed by atoms with van der Waals surface area (Å²) in [5.74, 6) is 0.647. The molecule has 1 heterocycles. The van der Waals surface area contributed by atoms with Gasteiger partial charge < -0.3 is 9.64 Å². The minimum Gasteiger partial charge on any atom is -0.465 e. The van der Waals surface area contributed by atoms with Gasteiger partial charge in [0, 0.05) is 19.1 Å². The van der Waals surface area contributed by atoms with Crippen LogP contribution in [-0.4, -0.2) is 48.7 Å². The highest BCUT2D eigenvalue weighted by molar-refractivity contribution is 5.80. The van der Waals surface area contributed by atoms with E-state index in [-0.39, 0.29) is 5.97 Å². The number of nitrogens with one attached hydrogen (secondary N) is 1. The zero-order valence-electron chi connectivity index (χ0n) is 11.9. The Morgan fingerprint density at radius 2 is 2.17 bits per heavy atom. The fourth-order valence-electron chi connectivity index (χ4n) is 2.75. The molecule has 2 fully saturated rings. The van der Waals surface area contributed by atoms with E-state index in [1.54, 1.807) is 0 Å². The van der Waals surface area contributed by atoms with Gasteiger partial charge in [-0.05, 0) is 45.6 Å². The fourth-order valence-corrected chi connectivity index (χ4v) is 2.75. The van der Waals surface area contributed by atoms with E-state index in [1.807, 2.05) is 13.8 Å². The molecule has 4 heteroatoms. The van der Waals surface area contributed by atoms with Crippen LogP contribution in [0.3, 0.4) is 0 Å². The Morgan fingerprint density at radius 3 is 2.67 bits per heavy atom. The number of carbonyl (C=O) groups excluding carboxylic acids is 1. The van der Waals surface area contributed by atoms with E-state index in [9.17, 15) is 4.79 Å². The van der Waals surface area contributed by atoms with Crippen LogP contribution in [0.25, 0.3) is 0 Å². The Kier molecular flexibility index (Phi) is 4.28. The number of rotatable bonds is 6. The van der Waals surface area contributed by atoms with Crippen molar-refractivity contribution in [2.75, 3.05) is 26.2 Å². The van der Waals surface area contributed by atoms with Gasteiger partial charge in [-0.15, -0.1) is 0 Å². The average molecular weight is 254 g/mol.